The van der Waals surface area contributed by atoms with Crippen LogP contribution in [0.1, 0.15) is 11.6 Å². The van der Waals surface area contributed by atoms with Crippen LogP contribution in [0.4, 0.5) is 15.8 Å². The maximum absolute atomic E-state index is 13.5. The quantitative estimate of drug-likeness (QED) is 0.552. The second-order valence-corrected chi connectivity index (χ2v) is 7.78. The zero-order chi connectivity index (χ0) is 23.1. The molecule has 3 aromatic rings. The molecule has 168 valence electrons. The van der Waals surface area contributed by atoms with Gasteiger partial charge in [-0.15, -0.1) is 0 Å². The van der Waals surface area contributed by atoms with Crippen LogP contribution in [0, 0.1) is 11.7 Å². The molecule has 2 aliphatic heterocycles. The summed E-state index contributed by atoms with van der Waals surface area (Å²) in [4.78, 5) is 34.0. The minimum Gasteiger partial charge on any atom is -0.497 e. The summed E-state index contributed by atoms with van der Waals surface area (Å²) in [6.45, 7) is 0. The first-order valence-corrected chi connectivity index (χ1v) is 10.4. The number of benzene rings is 3. The fraction of sp³-hybridized carbons (Fsp3) is 0.200. The monoisotopic (exact) mass is 448 g/mol. The molecule has 0 aromatic heterocycles. The van der Waals surface area contributed by atoms with Crippen molar-refractivity contribution in [1.82, 2.24) is 0 Å². The summed E-state index contributed by atoms with van der Waals surface area (Å²) in [5, 5.41) is 1.61. The fourth-order valence-electron chi connectivity index (χ4n) is 4.35. The van der Waals surface area contributed by atoms with E-state index >= 15 is 0 Å². The predicted octanol–water partition coefficient (Wildman–Crippen LogP) is 3.89. The molecule has 0 unspecified atom stereocenters. The van der Waals surface area contributed by atoms with E-state index in [2.05, 4.69) is 0 Å². The number of halogens is 1. The standard InChI is InChI=1S/C25H21FN2O5/c1-31-19-11-3-15(4-12-19)22-21-23(33-28(22)18-9-13-20(32-2)14-10-18)25(30)27(24(21)29)17-7-5-16(26)6-8-17/h3-14,21-23H,1-2H3/t21-,22-,23+/m1/s1. The van der Waals surface area contributed by atoms with Crippen molar-refractivity contribution in [3.05, 3.63) is 84.2 Å². The molecule has 2 heterocycles. The minimum atomic E-state index is -1.00. The molecule has 3 atom stereocenters. The summed E-state index contributed by atoms with van der Waals surface area (Å²) in [7, 11) is 3.15. The number of anilines is 2. The average molecular weight is 448 g/mol. The Balaban J connectivity index is 1.56. The lowest BCUT2D eigenvalue weighted by Gasteiger charge is -2.29. The average Bonchev–Trinajstić information content (AvgIpc) is 3.36. The van der Waals surface area contributed by atoms with Gasteiger partial charge in [-0.2, -0.15) is 0 Å². The number of hydrogen-bond donors (Lipinski definition) is 0. The molecular weight excluding hydrogens is 427 g/mol. The summed E-state index contributed by atoms with van der Waals surface area (Å²) >= 11 is 0. The van der Waals surface area contributed by atoms with Gasteiger partial charge in [0, 0.05) is 0 Å². The van der Waals surface area contributed by atoms with E-state index < -0.39 is 35.7 Å². The van der Waals surface area contributed by atoms with E-state index in [9.17, 15) is 14.0 Å². The van der Waals surface area contributed by atoms with Crippen LogP contribution in [0.25, 0.3) is 0 Å². The fourth-order valence-corrected chi connectivity index (χ4v) is 4.35. The van der Waals surface area contributed by atoms with Crippen molar-refractivity contribution in [2.45, 2.75) is 12.1 Å². The van der Waals surface area contributed by atoms with E-state index in [0.29, 0.717) is 22.9 Å². The van der Waals surface area contributed by atoms with Crippen LogP contribution in [-0.2, 0) is 14.4 Å². The Labute approximate surface area is 189 Å². The molecule has 2 amide bonds. The van der Waals surface area contributed by atoms with E-state index in [0.717, 1.165) is 10.5 Å². The third-order valence-corrected chi connectivity index (χ3v) is 5.98. The number of methoxy groups -OCH3 is 2. The van der Waals surface area contributed by atoms with Crippen LogP contribution in [0.2, 0.25) is 0 Å². The largest absolute Gasteiger partial charge is 0.497 e. The highest BCUT2D eigenvalue weighted by Gasteiger charge is 2.60. The highest BCUT2D eigenvalue weighted by Crippen LogP contribution is 2.47. The van der Waals surface area contributed by atoms with Crippen molar-refractivity contribution in [3.8, 4) is 11.5 Å². The molecule has 0 spiro atoms. The van der Waals surface area contributed by atoms with E-state index in [-0.39, 0.29) is 0 Å². The van der Waals surface area contributed by atoms with Crippen molar-refractivity contribution in [1.29, 1.82) is 0 Å². The number of carbonyl (C=O) groups excluding carboxylic acids is 2. The topological polar surface area (TPSA) is 68.3 Å². The van der Waals surface area contributed by atoms with Gasteiger partial charge in [0.05, 0.1) is 31.6 Å². The van der Waals surface area contributed by atoms with Crippen LogP contribution in [0.15, 0.2) is 72.8 Å². The van der Waals surface area contributed by atoms with E-state index in [1.165, 1.54) is 24.3 Å². The number of ether oxygens (including phenoxy) is 2. The van der Waals surface area contributed by atoms with Gasteiger partial charge in [-0.25, -0.2) is 14.4 Å². The van der Waals surface area contributed by atoms with Crippen molar-refractivity contribution in [2.24, 2.45) is 5.92 Å². The third-order valence-electron chi connectivity index (χ3n) is 5.98. The number of carbonyl (C=O) groups is 2. The van der Waals surface area contributed by atoms with Gasteiger partial charge < -0.3 is 9.47 Å². The first kappa shape index (κ1) is 21.0. The molecule has 2 aliphatic rings. The number of nitrogens with zero attached hydrogens (tertiary/aromatic N) is 2. The Morgan fingerprint density at radius 3 is 1.88 bits per heavy atom. The molecule has 0 radical (unpaired) electrons. The smallest absolute Gasteiger partial charge is 0.266 e. The zero-order valence-corrected chi connectivity index (χ0v) is 18.0. The molecule has 0 N–H and O–H groups in total. The summed E-state index contributed by atoms with van der Waals surface area (Å²) < 4.78 is 23.9. The summed E-state index contributed by atoms with van der Waals surface area (Å²) in [6.07, 6.45) is -1.00. The van der Waals surface area contributed by atoms with Gasteiger partial charge in [-0.3, -0.25) is 14.4 Å². The van der Waals surface area contributed by atoms with E-state index in [1.54, 1.807) is 43.5 Å². The molecule has 0 bridgehead atoms. The zero-order valence-electron chi connectivity index (χ0n) is 18.0. The molecule has 8 heteroatoms. The number of fused-ring (bicyclic) bond motifs is 1. The van der Waals surface area contributed by atoms with Gasteiger partial charge in [0.1, 0.15) is 23.2 Å². The molecule has 0 aliphatic carbocycles. The Hall–Kier alpha value is -3.91. The number of hydrogen-bond acceptors (Lipinski definition) is 6. The highest BCUT2D eigenvalue weighted by atomic mass is 19.1. The van der Waals surface area contributed by atoms with Crippen molar-refractivity contribution in [2.75, 3.05) is 24.2 Å². The van der Waals surface area contributed by atoms with E-state index in [1.807, 2.05) is 24.3 Å². The van der Waals surface area contributed by atoms with Crippen molar-refractivity contribution < 1.29 is 28.3 Å². The summed E-state index contributed by atoms with van der Waals surface area (Å²) in [5.74, 6) is -0.755. The third kappa shape index (κ3) is 3.48. The molecule has 3 aromatic carbocycles. The number of hydroxylamine groups is 1. The molecule has 2 fully saturated rings. The molecule has 2 saturated heterocycles. The number of amides is 2. The number of rotatable bonds is 5. The van der Waals surface area contributed by atoms with E-state index in [4.69, 9.17) is 14.3 Å². The summed E-state index contributed by atoms with van der Waals surface area (Å²) in [6, 6.07) is 19.2. The van der Waals surface area contributed by atoms with Crippen LogP contribution < -0.4 is 19.4 Å². The van der Waals surface area contributed by atoms with Crippen LogP contribution in [0.3, 0.4) is 0 Å². The second-order valence-electron chi connectivity index (χ2n) is 7.78. The van der Waals surface area contributed by atoms with Gasteiger partial charge in [0.2, 0.25) is 5.91 Å². The van der Waals surface area contributed by atoms with Gasteiger partial charge in [-0.05, 0) is 66.2 Å². The molecular formula is C25H21FN2O5. The molecule has 5 rings (SSSR count). The minimum absolute atomic E-state index is 0.314. The second kappa shape index (κ2) is 8.22. The first-order valence-electron chi connectivity index (χ1n) is 10.4. The normalized spacial score (nSPS) is 22.0. The highest BCUT2D eigenvalue weighted by molar-refractivity contribution is 6.23. The molecule has 33 heavy (non-hydrogen) atoms. The lowest BCUT2D eigenvalue weighted by Crippen LogP contribution is -2.37. The maximum atomic E-state index is 13.5. The SMILES string of the molecule is COc1ccc([C@@H]2[C@H]3C(=O)N(c4ccc(F)cc4)C(=O)[C@H]3ON2c2ccc(OC)cc2)cc1. The maximum Gasteiger partial charge on any atom is 0.266 e. The van der Waals surface area contributed by atoms with Gasteiger partial charge >= 0.3 is 0 Å². The molecule has 7 nitrogen and oxygen atoms in total. The Kier molecular flexibility index (Phi) is 5.22. The van der Waals surface area contributed by atoms with Crippen molar-refractivity contribution in [3.63, 3.8) is 0 Å². The van der Waals surface area contributed by atoms with Crippen LogP contribution in [-0.4, -0.2) is 32.1 Å². The van der Waals surface area contributed by atoms with Gasteiger partial charge in [0.25, 0.3) is 5.91 Å². The lowest BCUT2D eigenvalue weighted by atomic mass is 9.90. The lowest BCUT2D eigenvalue weighted by molar-refractivity contribution is -0.126. The first-order chi connectivity index (χ1) is 16.0. The van der Waals surface area contributed by atoms with Crippen LogP contribution >= 0.6 is 0 Å². The number of imide groups is 1. The molecule has 0 saturated carbocycles. The van der Waals surface area contributed by atoms with Gasteiger partial charge in [0.15, 0.2) is 6.10 Å². The summed E-state index contributed by atoms with van der Waals surface area (Å²) in [5.41, 5.74) is 1.79. The Bertz CT molecular complexity index is 1180. The van der Waals surface area contributed by atoms with Gasteiger partial charge in [-0.1, -0.05) is 12.1 Å². The predicted molar refractivity (Wildman–Crippen MR) is 118 cm³/mol. The Morgan fingerprint density at radius 1 is 0.758 bits per heavy atom. The Morgan fingerprint density at radius 2 is 1.30 bits per heavy atom. The van der Waals surface area contributed by atoms with Crippen LogP contribution in [0.5, 0.6) is 11.5 Å². The van der Waals surface area contributed by atoms with Crippen molar-refractivity contribution >= 4 is 23.2 Å².